The van der Waals surface area contributed by atoms with Crippen LogP contribution in [-0.4, -0.2) is 5.71 Å². The van der Waals surface area contributed by atoms with E-state index in [0.717, 1.165) is 0 Å². The smallest absolute Gasteiger partial charge is 0.0392 e. The molecule has 0 bridgehead atoms. The van der Waals surface area contributed by atoms with E-state index in [1.807, 2.05) is 12.2 Å². The molecule has 0 aromatic heterocycles. The molecule has 2 aromatic rings. The topological polar surface area (TPSA) is 23.9 Å². The van der Waals surface area contributed by atoms with Gasteiger partial charge in [-0.1, -0.05) is 66.8 Å². The fourth-order valence-electron chi connectivity index (χ4n) is 3.43. The van der Waals surface area contributed by atoms with Gasteiger partial charge in [-0.15, -0.1) is 0 Å². The number of rotatable bonds is 1. The van der Waals surface area contributed by atoms with E-state index in [4.69, 9.17) is 5.41 Å². The fourth-order valence-corrected chi connectivity index (χ4v) is 3.43. The summed E-state index contributed by atoms with van der Waals surface area (Å²) in [5, 5.41) is 8.26. The second kappa shape index (κ2) is 4.31. The van der Waals surface area contributed by atoms with Gasteiger partial charge in [0, 0.05) is 17.5 Å². The van der Waals surface area contributed by atoms with E-state index in [0.29, 0.717) is 5.71 Å². The van der Waals surface area contributed by atoms with Crippen molar-refractivity contribution in [1.29, 1.82) is 5.41 Å². The van der Waals surface area contributed by atoms with Crippen LogP contribution >= 0.6 is 0 Å². The quantitative estimate of drug-likeness (QED) is 0.774. The molecule has 2 aromatic carbocycles. The molecule has 1 heteroatoms. The Balaban J connectivity index is 1.94. The highest BCUT2D eigenvalue weighted by Gasteiger charge is 2.34. The first-order valence-electron chi connectivity index (χ1n) is 6.98. The Hall–Kier alpha value is -2.41. The largest absolute Gasteiger partial charge is 0.305 e. The van der Waals surface area contributed by atoms with Gasteiger partial charge >= 0.3 is 0 Å². The van der Waals surface area contributed by atoms with Crippen LogP contribution in [0.5, 0.6) is 0 Å². The summed E-state index contributed by atoms with van der Waals surface area (Å²) in [5.41, 5.74) is 6.04. The standard InChI is InChI=1S/C19H15N/c20-18-12-6-5-11-17(18)19-15-9-3-1-7-13(15)14-8-2-4-10-16(14)19/h1-12,17,19-20H. The Bertz CT molecular complexity index is 706. The Morgan fingerprint density at radius 2 is 1.35 bits per heavy atom. The number of hydrogen-bond donors (Lipinski definition) is 1. The Morgan fingerprint density at radius 1 is 0.750 bits per heavy atom. The van der Waals surface area contributed by atoms with Crippen molar-refractivity contribution >= 4 is 5.71 Å². The first kappa shape index (κ1) is 11.4. The molecule has 1 unspecified atom stereocenters. The molecule has 4 rings (SSSR count). The first-order valence-corrected chi connectivity index (χ1v) is 6.98. The zero-order valence-electron chi connectivity index (χ0n) is 11.1. The van der Waals surface area contributed by atoms with Crippen molar-refractivity contribution in [2.75, 3.05) is 0 Å². The third-order valence-electron chi connectivity index (χ3n) is 4.31. The molecule has 0 amide bonds. The van der Waals surface area contributed by atoms with Gasteiger partial charge in [0.15, 0.2) is 0 Å². The van der Waals surface area contributed by atoms with Crippen molar-refractivity contribution in [2.24, 2.45) is 5.92 Å². The van der Waals surface area contributed by atoms with Crippen LogP contribution in [0, 0.1) is 11.3 Å². The predicted molar refractivity (Wildman–Crippen MR) is 83.2 cm³/mol. The van der Waals surface area contributed by atoms with Crippen LogP contribution in [0.2, 0.25) is 0 Å². The summed E-state index contributed by atoms with van der Waals surface area (Å²) in [6.07, 6.45) is 8.08. The van der Waals surface area contributed by atoms with Crippen LogP contribution in [0.3, 0.4) is 0 Å². The fraction of sp³-hybridized carbons (Fsp3) is 0.105. The van der Waals surface area contributed by atoms with Crippen LogP contribution in [0.4, 0.5) is 0 Å². The summed E-state index contributed by atoms with van der Waals surface area (Å²) in [6.45, 7) is 0. The minimum Gasteiger partial charge on any atom is -0.305 e. The molecule has 20 heavy (non-hydrogen) atoms. The average Bonchev–Trinajstić information content (AvgIpc) is 2.83. The highest BCUT2D eigenvalue weighted by Crippen LogP contribution is 2.48. The molecule has 0 radical (unpaired) electrons. The van der Waals surface area contributed by atoms with Gasteiger partial charge in [-0.3, -0.25) is 0 Å². The average molecular weight is 257 g/mol. The van der Waals surface area contributed by atoms with Crippen LogP contribution in [0.25, 0.3) is 11.1 Å². The van der Waals surface area contributed by atoms with E-state index in [1.165, 1.54) is 22.3 Å². The maximum atomic E-state index is 8.26. The number of benzene rings is 2. The molecule has 0 fully saturated rings. The molecule has 0 saturated heterocycles. The molecule has 1 nitrogen and oxygen atoms in total. The highest BCUT2D eigenvalue weighted by atomic mass is 14.5. The van der Waals surface area contributed by atoms with Gasteiger partial charge in [-0.25, -0.2) is 0 Å². The van der Waals surface area contributed by atoms with Crippen molar-refractivity contribution in [3.05, 3.63) is 84.0 Å². The van der Waals surface area contributed by atoms with Crippen LogP contribution < -0.4 is 0 Å². The van der Waals surface area contributed by atoms with E-state index < -0.39 is 0 Å². The molecule has 96 valence electrons. The van der Waals surface area contributed by atoms with Gasteiger partial charge in [-0.05, 0) is 28.3 Å². The number of hydrogen-bond acceptors (Lipinski definition) is 1. The van der Waals surface area contributed by atoms with E-state index in [9.17, 15) is 0 Å². The normalized spacial score (nSPS) is 20.0. The molecular weight excluding hydrogens is 242 g/mol. The second-order valence-corrected chi connectivity index (χ2v) is 5.38. The van der Waals surface area contributed by atoms with Gasteiger partial charge in [0.25, 0.3) is 0 Å². The molecular formula is C19H15N. The monoisotopic (exact) mass is 257 g/mol. The van der Waals surface area contributed by atoms with Crippen LogP contribution in [0.1, 0.15) is 17.0 Å². The van der Waals surface area contributed by atoms with E-state index >= 15 is 0 Å². The van der Waals surface area contributed by atoms with Crippen molar-refractivity contribution in [3.8, 4) is 11.1 Å². The number of nitrogens with one attached hydrogen (secondary N) is 1. The summed E-state index contributed by atoms with van der Waals surface area (Å²) in [5.74, 6) is 0.418. The lowest BCUT2D eigenvalue weighted by Crippen LogP contribution is -2.19. The van der Waals surface area contributed by atoms with E-state index in [-0.39, 0.29) is 11.8 Å². The van der Waals surface area contributed by atoms with Gasteiger partial charge in [0.2, 0.25) is 0 Å². The zero-order valence-corrected chi connectivity index (χ0v) is 11.1. The lowest BCUT2D eigenvalue weighted by molar-refractivity contribution is 0.732. The molecule has 0 spiro atoms. The van der Waals surface area contributed by atoms with Gasteiger partial charge in [0.1, 0.15) is 0 Å². The summed E-state index contributed by atoms with van der Waals surface area (Å²) < 4.78 is 0. The SMILES string of the molecule is N=C1C=CC=CC1C1c2ccccc2-c2ccccc21. The Labute approximate surface area is 118 Å². The minimum atomic E-state index is 0.143. The molecule has 2 aliphatic carbocycles. The van der Waals surface area contributed by atoms with Crippen molar-refractivity contribution in [1.82, 2.24) is 0 Å². The zero-order chi connectivity index (χ0) is 13.5. The molecule has 1 atom stereocenters. The van der Waals surface area contributed by atoms with Crippen molar-refractivity contribution in [3.63, 3.8) is 0 Å². The molecule has 2 aliphatic rings. The first-order chi connectivity index (χ1) is 9.86. The predicted octanol–water partition coefficient (Wildman–Crippen LogP) is 4.56. The van der Waals surface area contributed by atoms with Crippen molar-refractivity contribution in [2.45, 2.75) is 5.92 Å². The molecule has 0 saturated carbocycles. The maximum absolute atomic E-state index is 8.26. The third-order valence-corrected chi connectivity index (χ3v) is 4.31. The third kappa shape index (κ3) is 1.53. The van der Waals surface area contributed by atoms with Crippen LogP contribution in [-0.2, 0) is 0 Å². The lowest BCUT2D eigenvalue weighted by Gasteiger charge is -2.23. The highest BCUT2D eigenvalue weighted by molar-refractivity contribution is 5.99. The summed E-state index contributed by atoms with van der Waals surface area (Å²) in [7, 11) is 0. The van der Waals surface area contributed by atoms with Gasteiger partial charge in [-0.2, -0.15) is 0 Å². The Kier molecular flexibility index (Phi) is 2.46. The molecule has 0 aliphatic heterocycles. The van der Waals surface area contributed by atoms with E-state index in [1.54, 1.807) is 0 Å². The van der Waals surface area contributed by atoms with Gasteiger partial charge < -0.3 is 5.41 Å². The number of fused-ring (bicyclic) bond motifs is 3. The van der Waals surface area contributed by atoms with Gasteiger partial charge in [0.05, 0.1) is 0 Å². The van der Waals surface area contributed by atoms with Crippen molar-refractivity contribution < 1.29 is 0 Å². The maximum Gasteiger partial charge on any atom is 0.0392 e. The summed E-state index contributed by atoms with van der Waals surface area (Å²) in [4.78, 5) is 0. The molecule has 0 heterocycles. The summed E-state index contributed by atoms with van der Waals surface area (Å²) >= 11 is 0. The minimum absolute atomic E-state index is 0.143. The second-order valence-electron chi connectivity index (χ2n) is 5.38. The summed E-state index contributed by atoms with van der Waals surface area (Å²) in [6, 6.07) is 17.2. The molecule has 1 N–H and O–H groups in total. The van der Waals surface area contributed by atoms with E-state index in [2.05, 4.69) is 60.7 Å². The lowest BCUT2D eigenvalue weighted by atomic mass is 9.79. The van der Waals surface area contributed by atoms with Crippen LogP contribution in [0.15, 0.2) is 72.8 Å². The Morgan fingerprint density at radius 3 is 1.95 bits per heavy atom. The number of allylic oxidation sites excluding steroid dienone is 4.